The number of hydrogen-bond acceptors (Lipinski definition) is 4. The summed E-state index contributed by atoms with van der Waals surface area (Å²) in [6.07, 6.45) is 6.84. The molecule has 3 rings (SSSR count). The molecule has 6 heteroatoms. The van der Waals surface area contributed by atoms with Crippen molar-refractivity contribution in [2.45, 2.75) is 6.54 Å². The summed E-state index contributed by atoms with van der Waals surface area (Å²) >= 11 is 0. The molecule has 0 radical (unpaired) electrons. The van der Waals surface area contributed by atoms with Gasteiger partial charge in [0.2, 0.25) is 0 Å². The molecule has 0 saturated heterocycles. The van der Waals surface area contributed by atoms with Crippen molar-refractivity contribution in [3.63, 3.8) is 0 Å². The van der Waals surface area contributed by atoms with Crippen LogP contribution >= 0.6 is 0 Å². The van der Waals surface area contributed by atoms with E-state index in [2.05, 4.69) is 9.97 Å². The smallest absolute Gasteiger partial charge is 0.271 e. The highest BCUT2D eigenvalue weighted by molar-refractivity contribution is 5.82. The van der Waals surface area contributed by atoms with Gasteiger partial charge in [0.1, 0.15) is 6.33 Å². The second-order valence-electron chi connectivity index (χ2n) is 4.19. The van der Waals surface area contributed by atoms with Crippen LogP contribution < -0.4 is 0 Å². The predicted molar refractivity (Wildman–Crippen MR) is 69.7 cm³/mol. The monoisotopic (exact) mass is 254 g/mol. The van der Waals surface area contributed by atoms with E-state index in [9.17, 15) is 10.1 Å². The van der Waals surface area contributed by atoms with E-state index in [4.69, 9.17) is 0 Å². The molecule has 0 aliphatic rings. The van der Waals surface area contributed by atoms with Crippen LogP contribution in [0.3, 0.4) is 0 Å². The van der Waals surface area contributed by atoms with Crippen LogP contribution in [0.2, 0.25) is 0 Å². The topological polar surface area (TPSA) is 73.8 Å². The zero-order valence-electron chi connectivity index (χ0n) is 9.93. The number of hydrogen-bond donors (Lipinski definition) is 0. The summed E-state index contributed by atoms with van der Waals surface area (Å²) in [4.78, 5) is 18.3. The molecule has 2 aromatic heterocycles. The van der Waals surface area contributed by atoms with Crippen molar-refractivity contribution in [2.75, 3.05) is 0 Å². The Morgan fingerprint density at radius 1 is 1.21 bits per heavy atom. The van der Waals surface area contributed by atoms with Gasteiger partial charge in [0.25, 0.3) is 5.69 Å². The van der Waals surface area contributed by atoms with Crippen molar-refractivity contribution >= 4 is 16.6 Å². The molecule has 0 N–H and O–H groups in total. The summed E-state index contributed by atoms with van der Waals surface area (Å²) in [5, 5.41) is 11.8. The van der Waals surface area contributed by atoms with E-state index < -0.39 is 0 Å². The van der Waals surface area contributed by atoms with Crippen LogP contribution in [0.5, 0.6) is 0 Å². The predicted octanol–water partition coefficient (Wildman–Crippen LogP) is 2.39. The number of nitro benzene ring substituents is 1. The molecule has 3 aromatic rings. The minimum atomic E-state index is -0.386. The third-order valence-corrected chi connectivity index (χ3v) is 2.94. The van der Waals surface area contributed by atoms with Crippen LogP contribution in [-0.4, -0.2) is 19.5 Å². The molecule has 6 nitrogen and oxygen atoms in total. The van der Waals surface area contributed by atoms with Gasteiger partial charge in [-0.25, -0.2) is 9.97 Å². The zero-order valence-corrected chi connectivity index (χ0v) is 9.93. The van der Waals surface area contributed by atoms with E-state index in [0.717, 1.165) is 16.5 Å². The molecule has 94 valence electrons. The van der Waals surface area contributed by atoms with Gasteiger partial charge >= 0.3 is 0 Å². The van der Waals surface area contributed by atoms with Crippen LogP contribution in [0.15, 0.2) is 49.2 Å². The SMILES string of the molecule is O=[N+]([O-])c1ccc2ccn(Cc3cncnc3)c2c1. The molecule has 0 amide bonds. The Hall–Kier alpha value is -2.76. The molecule has 2 heterocycles. The maximum atomic E-state index is 10.8. The van der Waals surface area contributed by atoms with Crippen LogP contribution in [0, 0.1) is 10.1 Å². The van der Waals surface area contributed by atoms with E-state index in [-0.39, 0.29) is 10.6 Å². The molecular weight excluding hydrogens is 244 g/mol. The second kappa shape index (κ2) is 4.49. The van der Waals surface area contributed by atoms with Crippen molar-refractivity contribution in [3.05, 3.63) is 64.9 Å². The van der Waals surface area contributed by atoms with Gasteiger partial charge in [0.05, 0.1) is 17.0 Å². The minimum absolute atomic E-state index is 0.0942. The van der Waals surface area contributed by atoms with Crippen molar-refractivity contribution in [1.82, 2.24) is 14.5 Å². The summed E-state index contributed by atoms with van der Waals surface area (Å²) in [5.74, 6) is 0. The van der Waals surface area contributed by atoms with Crippen LogP contribution in [0.1, 0.15) is 5.56 Å². The molecule has 0 saturated carbocycles. The van der Waals surface area contributed by atoms with Gasteiger partial charge in [-0.2, -0.15) is 0 Å². The Bertz CT molecular complexity index is 737. The molecule has 0 atom stereocenters. The average molecular weight is 254 g/mol. The summed E-state index contributed by atoms with van der Waals surface area (Å²) in [6, 6.07) is 6.78. The van der Waals surface area contributed by atoms with Gasteiger partial charge in [0, 0.05) is 41.7 Å². The summed E-state index contributed by atoms with van der Waals surface area (Å²) in [7, 11) is 0. The number of rotatable bonds is 3. The van der Waals surface area contributed by atoms with E-state index >= 15 is 0 Å². The molecule has 1 aromatic carbocycles. The first-order chi connectivity index (χ1) is 9.24. The Labute approximate surface area is 108 Å². The van der Waals surface area contributed by atoms with Gasteiger partial charge < -0.3 is 4.57 Å². The van der Waals surface area contributed by atoms with E-state index in [0.29, 0.717) is 6.54 Å². The standard InChI is InChI=1S/C13H10N4O2/c18-17(19)12-2-1-11-3-4-16(13(11)5-12)8-10-6-14-9-15-7-10/h1-7,9H,8H2. The molecule has 0 fully saturated rings. The fourth-order valence-corrected chi connectivity index (χ4v) is 2.03. The number of nitrogens with zero attached hydrogens (tertiary/aromatic N) is 4. The van der Waals surface area contributed by atoms with E-state index in [1.807, 2.05) is 16.8 Å². The lowest BCUT2D eigenvalue weighted by molar-refractivity contribution is -0.384. The zero-order chi connectivity index (χ0) is 13.2. The van der Waals surface area contributed by atoms with Gasteiger partial charge in [-0.3, -0.25) is 10.1 Å². The molecule has 0 aliphatic heterocycles. The van der Waals surface area contributed by atoms with E-state index in [1.165, 1.54) is 12.4 Å². The Morgan fingerprint density at radius 2 is 2.00 bits per heavy atom. The molecule has 0 bridgehead atoms. The highest BCUT2D eigenvalue weighted by Gasteiger charge is 2.09. The number of aromatic nitrogens is 3. The van der Waals surface area contributed by atoms with Gasteiger partial charge in [-0.1, -0.05) is 0 Å². The number of fused-ring (bicyclic) bond motifs is 1. The molecule has 0 unspecified atom stereocenters. The third kappa shape index (κ3) is 2.15. The lowest BCUT2D eigenvalue weighted by Crippen LogP contribution is -1.99. The fraction of sp³-hybridized carbons (Fsp3) is 0.0769. The first-order valence-corrected chi connectivity index (χ1v) is 5.71. The van der Waals surface area contributed by atoms with Crippen LogP contribution in [0.25, 0.3) is 10.9 Å². The number of benzene rings is 1. The van der Waals surface area contributed by atoms with E-state index in [1.54, 1.807) is 24.5 Å². The normalized spacial score (nSPS) is 10.7. The van der Waals surface area contributed by atoms with Gasteiger partial charge in [0.15, 0.2) is 0 Å². The quantitative estimate of drug-likeness (QED) is 0.531. The maximum Gasteiger partial charge on any atom is 0.271 e. The highest BCUT2D eigenvalue weighted by Crippen LogP contribution is 2.22. The summed E-state index contributed by atoms with van der Waals surface area (Å²) in [5.41, 5.74) is 1.88. The van der Waals surface area contributed by atoms with Crippen molar-refractivity contribution in [1.29, 1.82) is 0 Å². The Kier molecular flexibility index (Phi) is 2.68. The largest absolute Gasteiger partial charge is 0.343 e. The third-order valence-electron chi connectivity index (χ3n) is 2.94. The lowest BCUT2D eigenvalue weighted by atomic mass is 10.2. The molecule has 0 aliphatic carbocycles. The first kappa shape index (κ1) is 11.3. The Morgan fingerprint density at radius 3 is 2.74 bits per heavy atom. The first-order valence-electron chi connectivity index (χ1n) is 5.71. The van der Waals surface area contributed by atoms with Gasteiger partial charge in [-0.05, 0) is 12.1 Å². The minimum Gasteiger partial charge on any atom is -0.343 e. The molecule has 19 heavy (non-hydrogen) atoms. The van der Waals surface area contributed by atoms with Gasteiger partial charge in [-0.15, -0.1) is 0 Å². The van der Waals surface area contributed by atoms with Crippen molar-refractivity contribution in [3.8, 4) is 0 Å². The summed E-state index contributed by atoms with van der Waals surface area (Å²) in [6.45, 7) is 0.589. The molecular formula is C13H10N4O2. The summed E-state index contributed by atoms with van der Waals surface area (Å²) < 4.78 is 1.95. The van der Waals surface area contributed by atoms with Crippen LogP contribution in [-0.2, 0) is 6.54 Å². The van der Waals surface area contributed by atoms with Crippen molar-refractivity contribution < 1.29 is 4.92 Å². The second-order valence-corrected chi connectivity index (χ2v) is 4.19. The number of non-ortho nitro benzene ring substituents is 1. The maximum absolute atomic E-state index is 10.8. The number of nitro groups is 1. The van der Waals surface area contributed by atoms with Crippen LogP contribution in [0.4, 0.5) is 5.69 Å². The molecule has 0 spiro atoms. The highest BCUT2D eigenvalue weighted by atomic mass is 16.6. The lowest BCUT2D eigenvalue weighted by Gasteiger charge is -2.04. The Balaban J connectivity index is 2.04. The average Bonchev–Trinajstić information content (AvgIpc) is 2.82. The fourth-order valence-electron chi connectivity index (χ4n) is 2.03. The van der Waals surface area contributed by atoms with Crippen molar-refractivity contribution in [2.24, 2.45) is 0 Å².